The van der Waals surface area contributed by atoms with Crippen LogP contribution in [0.25, 0.3) is 0 Å². The maximum atomic E-state index is 13.3. The van der Waals surface area contributed by atoms with Crippen LogP contribution in [0.15, 0.2) is 41.8 Å². The van der Waals surface area contributed by atoms with Gasteiger partial charge in [0.1, 0.15) is 12.4 Å². The van der Waals surface area contributed by atoms with E-state index in [1.807, 2.05) is 0 Å². The number of esters is 1. The highest BCUT2D eigenvalue weighted by Crippen LogP contribution is 2.33. The molecule has 3 rings (SSSR count). The van der Waals surface area contributed by atoms with Gasteiger partial charge in [0, 0.05) is 32.3 Å². The zero-order valence-corrected chi connectivity index (χ0v) is 15.7. The van der Waals surface area contributed by atoms with Gasteiger partial charge in [-0.15, -0.1) is 0 Å². The largest absolute Gasteiger partial charge is 0.467 e. The Bertz CT molecular complexity index is 913. The van der Waals surface area contributed by atoms with E-state index in [-0.39, 0.29) is 36.5 Å². The molecule has 1 aliphatic rings. The zero-order valence-electron chi connectivity index (χ0n) is 14.9. The Morgan fingerprint density at radius 2 is 2.00 bits per heavy atom. The molecular formula is C17H20FN3O5S. The highest BCUT2D eigenvalue weighted by molar-refractivity contribution is 7.89. The number of rotatable bonds is 6. The Hall–Kier alpha value is -2.30. The van der Waals surface area contributed by atoms with Crippen molar-refractivity contribution >= 4 is 16.0 Å². The van der Waals surface area contributed by atoms with Crippen LogP contribution in [0.4, 0.5) is 4.39 Å². The van der Waals surface area contributed by atoms with E-state index in [0.29, 0.717) is 0 Å². The van der Waals surface area contributed by atoms with Crippen LogP contribution < -0.4 is 0 Å². The molecule has 0 N–H and O–H groups in total. The first-order valence-corrected chi connectivity index (χ1v) is 9.67. The van der Waals surface area contributed by atoms with Crippen LogP contribution in [-0.2, 0) is 31.3 Å². The summed E-state index contributed by atoms with van der Waals surface area (Å²) in [6, 6.07) is 5.79. The molecule has 0 amide bonds. The molecule has 0 radical (unpaired) electrons. The van der Waals surface area contributed by atoms with Crippen molar-refractivity contribution in [2.24, 2.45) is 7.05 Å². The van der Waals surface area contributed by atoms with Gasteiger partial charge in [0.2, 0.25) is 0 Å². The molecule has 1 fully saturated rings. The summed E-state index contributed by atoms with van der Waals surface area (Å²) in [5, 5.41) is -0.0588. The van der Waals surface area contributed by atoms with Crippen LogP contribution in [0.5, 0.6) is 0 Å². The van der Waals surface area contributed by atoms with Crippen LogP contribution in [0.1, 0.15) is 11.5 Å². The van der Waals surface area contributed by atoms with Crippen molar-refractivity contribution in [3.8, 4) is 0 Å². The first-order valence-electron chi connectivity index (χ1n) is 8.23. The lowest BCUT2D eigenvalue weighted by atomic mass is 9.96. The molecule has 27 heavy (non-hydrogen) atoms. The molecule has 2 heterocycles. The standard InChI is InChI=1S/C17H20FN3O5S/c1-20-9-16(19-11-20)27(23,24)21-7-14(12-3-5-13(18)6-4-12)15(8-21)26-10-17(22)25-2/h3-6,9,11,14-15H,7-8,10H2,1-2H3/t14-,15+/m0/s1. The normalized spacial score (nSPS) is 20.7. The van der Waals surface area contributed by atoms with Gasteiger partial charge in [0.15, 0.2) is 5.03 Å². The number of benzene rings is 1. The predicted molar refractivity (Wildman–Crippen MR) is 92.9 cm³/mol. The number of sulfonamides is 1. The highest BCUT2D eigenvalue weighted by atomic mass is 32.2. The smallest absolute Gasteiger partial charge is 0.331 e. The van der Waals surface area contributed by atoms with Crippen molar-refractivity contribution in [1.82, 2.24) is 13.9 Å². The number of hydrogen-bond acceptors (Lipinski definition) is 6. The molecule has 0 bridgehead atoms. The van der Waals surface area contributed by atoms with E-state index in [2.05, 4.69) is 9.72 Å². The molecular weight excluding hydrogens is 377 g/mol. The Balaban J connectivity index is 1.86. The third-order valence-corrected chi connectivity index (χ3v) is 6.18. The third kappa shape index (κ3) is 4.18. The Morgan fingerprint density at radius 3 is 2.59 bits per heavy atom. The molecule has 0 spiro atoms. The van der Waals surface area contributed by atoms with Gasteiger partial charge in [-0.1, -0.05) is 12.1 Å². The van der Waals surface area contributed by atoms with E-state index in [9.17, 15) is 17.6 Å². The number of methoxy groups -OCH3 is 1. The average molecular weight is 397 g/mol. The maximum Gasteiger partial charge on any atom is 0.331 e. The SMILES string of the molecule is COC(=O)CO[C@@H]1CN(S(=O)(=O)c2cn(C)cn2)C[C@H]1c1ccc(F)cc1. The molecule has 0 saturated carbocycles. The minimum atomic E-state index is -3.81. The van der Waals surface area contributed by atoms with Crippen molar-refractivity contribution in [3.05, 3.63) is 48.2 Å². The summed E-state index contributed by atoms with van der Waals surface area (Å²) in [7, 11) is -0.887. The summed E-state index contributed by atoms with van der Waals surface area (Å²) in [5.74, 6) is -1.30. The number of carbonyl (C=O) groups is 1. The van der Waals surface area contributed by atoms with E-state index in [1.165, 1.54) is 36.1 Å². The van der Waals surface area contributed by atoms with Gasteiger partial charge in [-0.05, 0) is 17.7 Å². The van der Waals surface area contributed by atoms with E-state index < -0.39 is 22.1 Å². The summed E-state index contributed by atoms with van der Waals surface area (Å²) in [5.41, 5.74) is 0.727. The lowest BCUT2D eigenvalue weighted by molar-refractivity contribution is -0.147. The van der Waals surface area contributed by atoms with Crippen LogP contribution >= 0.6 is 0 Å². The fourth-order valence-electron chi connectivity index (χ4n) is 3.02. The molecule has 1 aromatic heterocycles. The van der Waals surface area contributed by atoms with Crippen molar-refractivity contribution in [1.29, 1.82) is 0 Å². The minimum absolute atomic E-state index is 0.0535. The van der Waals surface area contributed by atoms with Crippen molar-refractivity contribution in [2.75, 3.05) is 26.8 Å². The van der Waals surface area contributed by atoms with E-state index in [4.69, 9.17) is 4.74 Å². The summed E-state index contributed by atoms with van der Waals surface area (Å²) < 4.78 is 52.0. The van der Waals surface area contributed by atoms with Gasteiger partial charge in [-0.3, -0.25) is 0 Å². The van der Waals surface area contributed by atoms with E-state index >= 15 is 0 Å². The first kappa shape index (κ1) is 19.5. The van der Waals surface area contributed by atoms with Crippen LogP contribution in [0, 0.1) is 5.82 Å². The van der Waals surface area contributed by atoms with Gasteiger partial charge < -0.3 is 14.0 Å². The molecule has 0 unspecified atom stereocenters. The monoisotopic (exact) mass is 397 g/mol. The zero-order chi connectivity index (χ0) is 19.6. The third-order valence-electron chi connectivity index (χ3n) is 4.46. The van der Waals surface area contributed by atoms with E-state index in [0.717, 1.165) is 5.56 Å². The van der Waals surface area contributed by atoms with Crippen LogP contribution in [0.2, 0.25) is 0 Å². The number of aryl methyl sites for hydroxylation is 1. The number of halogens is 1. The molecule has 1 saturated heterocycles. The summed E-state index contributed by atoms with van der Waals surface area (Å²) in [6.45, 7) is -0.106. The van der Waals surface area contributed by atoms with Crippen molar-refractivity contribution in [3.63, 3.8) is 0 Å². The number of hydrogen-bond donors (Lipinski definition) is 0. The number of imidazole rings is 1. The van der Waals surface area contributed by atoms with Gasteiger partial charge in [-0.25, -0.2) is 22.6 Å². The van der Waals surface area contributed by atoms with Gasteiger partial charge in [0.05, 0.1) is 19.5 Å². The Kier molecular flexibility index (Phi) is 5.59. The lowest BCUT2D eigenvalue weighted by Crippen LogP contribution is -2.31. The van der Waals surface area contributed by atoms with Crippen LogP contribution in [-0.4, -0.2) is 61.2 Å². The van der Waals surface area contributed by atoms with Crippen molar-refractivity contribution < 1.29 is 27.1 Å². The number of aromatic nitrogens is 2. The molecule has 2 atom stereocenters. The van der Waals surface area contributed by atoms with Crippen molar-refractivity contribution in [2.45, 2.75) is 17.0 Å². The predicted octanol–water partition coefficient (Wildman–Crippen LogP) is 0.905. The van der Waals surface area contributed by atoms with Crippen LogP contribution in [0.3, 0.4) is 0 Å². The Labute approximate surface area is 156 Å². The summed E-state index contributed by atoms with van der Waals surface area (Å²) in [6.07, 6.45) is 2.25. The quantitative estimate of drug-likeness (QED) is 0.673. The molecule has 0 aliphatic carbocycles. The Morgan fingerprint density at radius 1 is 1.30 bits per heavy atom. The number of ether oxygens (including phenoxy) is 2. The second-order valence-electron chi connectivity index (χ2n) is 6.28. The minimum Gasteiger partial charge on any atom is -0.467 e. The molecule has 10 heteroatoms. The molecule has 1 aromatic carbocycles. The second-order valence-corrected chi connectivity index (χ2v) is 8.17. The fraction of sp³-hybridized carbons (Fsp3) is 0.412. The molecule has 8 nitrogen and oxygen atoms in total. The second kappa shape index (κ2) is 7.75. The topological polar surface area (TPSA) is 90.7 Å². The van der Waals surface area contributed by atoms with Gasteiger partial charge in [-0.2, -0.15) is 4.31 Å². The number of nitrogens with zero attached hydrogens (tertiary/aromatic N) is 3. The summed E-state index contributed by atoms with van der Waals surface area (Å²) in [4.78, 5) is 15.3. The average Bonchev–Trinajstić information content (AvgIpc) is 3.27. The van der Waals surface area contributed by atoms with Gasteiger partial charge >= 0.3 is 5.97 Å². The first-order chi connectivity index (χ1) is 12.8. The highest BCUT2D eigenvalue weighted by Gasteiger charge is 2.41. The van der Waals surface area contributed by atoms with E-state index in [1.54, 1.807) is 23.7 Å². The number of carbonyl (C=O) groups excluding carboxylic acids is 1. The van der Waals surface area contributed by atoms with Gasteiger partial charge in [0.25, 0.3) is 10.0 Å². The fourth-order valence-corrected chi connectivity index (χ4v) is 4.47. The molecule has 2 aromatic rings. The molecule has 1 aliphatic heterocycles. The molecule has 146 valence electrons. The maximum absolute atomic E-state index is 13.3. The lowest BCUT2D eigenvalue weighted by Gasteiger charge is -2.18. The summed E-state index contributed by atoms with van der Waals surface area (Å²) >= 11 is 0.